The summed E-state index contributed by atoms with van der Waals surface area (Å²) >= 11 is 4.53. The van der Waals surface area contributed by atoms with Gasteiger partial charge in [0.1, 0.15) is 7.40 Å². The van der Waals surface area contributed by atoms with Crippen molar-refractivity contribution in [1.82, 2.24) is 9.55 Å². The molecule has 0 saturated heterocycles. The molecule has 0 unspecified atom stereocenters. The Morgan fingerprint density at radius 2 is 2.06 bits per heavy atom. The van der Waals surface area contributed by atoms with E-state index < -0.39 is 0 Å². The average molecular weight is 454 g/mol. The fraction of sp³-hybridized carbons (Fsp3) is 0.182. The Bertz CT molecular complexity index is 569. The summed E-state index contributed by atoms with van der Waals surface area (Å²) in [5, 5.41) is 0. The van der Waals surface area contributed by atoms with E-state index in [0.717, 1.165) is 25.4 Å². The first kappa shape index (κ1) is 11.6. The van der Waals surface area contributed by atoms with Crippen LogP contribution in [0.3, 0.4) is 0 Å². The molecule has 0 atom stereocenters. The van der Waals surface area contributed by atoms with Crippen molar-refractivity contribution in [2.75, 3.05) is 6.79 Å². The van der Waals surface area contributed by atoms with Crippen molar-refractivity contribution < 1.29 is 9.47 Å². The minimum Gasteiger partial charge on any atom is -0.454 e. The van der Waals surface area contributed by atoms with Crippen molar-refractivity contribution >= 4 is 45.2 Å². The molecule has 0 amide bonds. The molecule has 0 bridgehead atoms. The van der Waals surface area contributed by atoms with Crippen LogP contribution in [0.1, 0.15) is 5.56 Å². The van der Waals surface area contributed by atoms with E-state index in [2.05, 4.69) is 60.8 Å². The molecular weight excluding hydrogens is 446 g/mol. The normalized spacial score (nSPS) is 13.1. The third-order valence-electron chi connectivity index (χ3n) is 2.52. The van der Waals surface area contributed by atoms with Crippen molar-refractivity contribution in [3.8, 4) is 11.5 Å². The maximum absolute atomic E-state index is 5.36. The molecular formula is C11H8I2N2O2. The van der Waals surface area contributed by atoms with E-state index in [1.807, 2.05) is 18.5 Å². The maximum atomic E-state index is 5.36. The van der Waals surface area contributed by atoms with Gasteiger partial charge in [0.05, 0.1) is 6.33 Å². The zero-order valence-electron chi connectivity index (χ0n) is 8.69. The van der Waals surface area contributed by atoms with Gasteiger partial charge in [-0.15, -0.1) is 0 Å². The standard InChI is InChI=1S/C11H8I2N2O2/c12-10-11(13)15(5-14-10)4-7-1-2-8-9(3-7)17-6-16-8/h1-3,5H,4,6H2. The Balaban J connectivity index is 1.88. The zero-order chi connectivity index (χ0) is 11.8. The zero-order valence-corrected chi connectivity index (χ0v) is 13.0. The van der Waals surface area contributed by atoms with Crippen LogP contribution in [0.15, 0.2) is 24.5 Å². The first-order chi connectivity index (χ1) is 8.24. The minimum absolute atomic E-state index is 0.319. The van der Waals surface area contributed by atoms with Crippen molar-refractivity contribution in [3.63, 3.8) is 0 Å². The van der Waals surface area contributed by atoms with Crippen LogP contribution in [0, 0.1) is 7.40 Å². The van der Waals surface area contributed by atoms with Gasteiger partial charge in [-0.1, -0.05) is 6.07 Å². The molecule has 88 valence electrons. The number of rotatable bonds is 2. The lowest BCUT2D eigenvalue weighted by Gasteiger charge is -2.05. The van der Waals surface area contributed by atoms with E-state index in [0.29, 0.717) is 6.79 Å². The van der Waals surface area contributed by atoms with Gasteiger partial charge in [-0.25, -0.2) is 4.98 Å². The molecule has 1 aromatic carbocycles. The Morgan fingerprint density at radius 3 is 2.82 bits per heavy atom. The van der Waals surface area contributed by atoms with Crippen molar-refractivity contribution in [1.29, 1.82) is 0 Å². The van der Waals surface area contributed by atoms with Gasteiger partial charge < -0.3 is 14.0 Å². The monoisotopic (exact) mass is 454 g/mol. The second-order valence-corrected chi connectivity index (χ2v) is 5.69. The van der Waals surface area contributed by atoms with E-state index in [1.54, 1.807) is 0 Å². The van der Waals surface area contributed by atoms with Crippen LogP contribution in [-0.4, -0.2) is 16.3 Å². The highest BCUT2D eigenvalue weighted by Gasteiger charge is 2.14. The Hall–Kier alpha value is -0.510. The number of ether oxygens (including phenoxy) is 2. The van der Waals surface area contributed by atoms with E-state index in [9.17, 15) is 0 Å². The Kier molecular flexibility index (Phi) is 3.16. The summed E-state index contributed by atoms with van der Waals surface area (Å²) in [5.41, 5.74) is 1.18. The SMILES string of the molecule is Ic1ncn(Cc2ccc3c(c2)OCO3)c1I. The predicted octanol–water partition coefficient (Wildman–Crippen LogP) is 2.87. The minimum atomic E-state index is 0.319. The highest BCUT2D eigenvalue weighted by atomic mass is 127. The summed E-state index contributed by atoms with van der Waals surface area (Å²) in [6, 6.07) is 6.02. The van der Waals surface area contributed by atoms with E-state index in [-0.39, 0.29) is 0 Å². The van der Waals surface area contributed by atoms with Crippen LogP contribution in [0.25, 0.3) is 0 Å². The average Bonchev–Trinajstić information content (AvgIpc) is 2.90. The summed E-state index contributed by atoms with van der Waals surface area (Å²) in [4.78, 5) is 4.27. The molecule has 6 heteroatoms. The highest BCUT2D eigenvalue weighted by Crippen LogP contribution is 2.32. The summed E-state index contributed by atoms with van der Waals surface area (Å²) < 4.78 is 14.9. The van der Waals surface area contributed by atoms with Crippen molar-refractivity contribution in [2.45, 2.75) is 6.54 Å². The van der Waals surface area contributed by atoms with Gasteiger partial charge in [-0.05, 0) is 62.9 Å². The summed E-state index contributed by atoms with van der Waals surface area (Å²) in [6.07, 6.45) is 1.86. The molecule has 0 spiro atoms. The van der Waals surface area contributed by atoms with Crippen molar-refractivity contribution in [3.05, 3.63) is 37.5 Å². The van der Waals surface area contributed by atoms with Gasteiger partial charge in [-0.2, -0.15) is 0 Å². The fourth-order valence-electron chi connectivity index (χ4n) is 1.69. The molecule has 1 aromatic heterocycles. The summed E-state index contributed by atoms with van der Waals surface area (Å²) in [5.74, 6) is 1.65. The smallest absolute Gasteiger partial charge is 0.231 e. The Labute approximate surface area is 126 Å². The van der Waals surface area contributed by atoms with Gasteiger partial charge in [0.25, 0.3) is 0 Å². The molecule has 0 saturated carbocycles. The number of hydrogen-bond donors (Lipinski definition) is 0. The number of imidazole rings is 1. The summed E-state index contributed by atoms with van der Waals surface area (Å²) in [7, 11) is 0. The number of fused-ring (bicyclic) bond motifs is 1. The number of hydrogen-bond acceptors (Lipinski definition) is 3. The lowest BCUT2D eigenvalue weighted by molar-refractivity contribution is 0.174. The quantitative estimate of drug-likeness (QED) is 0.656. The van der Waals surface area contributed by atoms with Gasteiger partial charge >= 0.3 is 0 Å². The van der Waals surface area contributed by atoms with Crippen LogP contribution in [0.5, 0.6) is 11.5 Å². The van der Waals surface area contributed by atoms with E-state index in [1.165, 1.54) is 5.56 Å². The molecule has 4 nitrogen and oxygen atoms in total. The molecule has 2 heterocycles. The third kappa shape index (κ3) is 2.24. The van der Waals surface area contributed by atoms with Crippen LogP contribution in [0.2, 0.25) is 0 Å². The Morgan fingerprint density at radius 1 is 1.24 bits per heavy atom. The number of benzene rings is 1. The third-order valence-corrected chi connectivity index (χ3v) is 5.47. The molecule has 17 heavy (non-hydrogen) atoms. The van der Waals surface area contributed by atoms with Gasteiger partial charge in [0.2, 0.25) is 6.79 Å². The van der Waals surface area contributed by atoms with Crippen LogP contribution in [-0.2, 0) is 6.54 Å². The molecule has 3 rings (SSSR count). The van der Waals surface area contributed by atoms with Gasteiger partial charge in [0, 0.05) is 6.54 Å². The van der Waals surface area contributed by atoms with Gasteiger partial charge in [-0.3, -0.25) is 0 Å². The van der Waals surface area contributed by atoms with Crippen LogP contribution in [0.4, 0.5) is 0 Å². The molecule has 0 aliphatic carbocycles. The second-order valence-electron chi connectivity index (χ2n) is 3.64. The second kappa shape index (κ2) is 4.63. The maximum Gasteiger partial charge on any atom is 0.231 e. The van der Waals surface area contributed by atoms with E-state index in [4.69, 9.17) is 9.47 Å². The molecule has 2 aromatic rings. The lowest BCUT2D eigenvalue weighted by atomic mass is 10.2. The fourth-order valence-corrected chi connectivity index (χ4v) is 2.56. The van der Waals surface area contributed by atoms with Crippen LogP contribution >= 0.6 is 45.2 Å². The number of halogens is 2. The van der Waals surface area contributed by atoms with Crippen LogP contribution < -0.4 is 9.47 Å². The molecule has 1 aliphatic rings. The first-order valence-corrected chi connectivity index (χ1v) is 7.14. The number of nitrogens with zero attached hydrogens (tertiary/aromatic N) is 2. The molecule has 0 N–H and O–H groups in total. The highest BCUT2D eigenvalue weighted by molar-refractivity contribution is 14.1. The lowest BCUT2D eigenvalue weighted by Crippen LogP contribution is -2.00. The van der Waals surface area contributed by atoms with E-state index >= 15 is 0 Å². The number of aromatic nitrogens is 2. The largest absolute Gasteiger partial charge is 0.454 e. The molecule has 1 aliphatic heterocycles. The topological polar surface area (TPSA) is 36.3 Å². The van der Waals surface area contributed by atoms with Gasteiger partial charge in [0.15, 0.2) is 11.5 Å². The molecule has 0 fully saturated rings. The van der Waals surface area contributed by atoms with Crippen molar-refractivity contribution in [2.24, 2.45) is 0 Å². The first-order valence-electron chi connectivity index (χ1n) is 4.98. The predicted molar refractivity (Wildman–Crippen MR) is 79.3 cm³/mol. The summed E-state index contributed by atoms with van der Waals surface area (Å²) in [6.45, 7) is 1.12. The molecule has 0 radical (unpaired) electrons.